The molecule has 138 valence electrons. The van der Waals surface area contributed by atoms with E-state index in [1.807, 2.05) is 6.07 Å². The molecule has 26 heavy (non-hydrogen) atoms. The molecule has 1 aromatic carbocycles. The molecule has 2 atom stereocenters. The van der Waals surface area contributed by atoms with E-state index in [4.69, 9.17) is 0 Å². The first kappa shape index (κ1) is 17.5. The van der Waals surface area contributed by atoms with E-state index >= 15 is 0 Å². The lowest BCUT2D eigenvalue weighted by Crippen LogP contribution is -2.49. The first-order chi connectivity index (χ1) is 12.4. The zero-order valence-electron chi connectivity index (χ0n) is 14.5. The highest BCUT2D eigenvalue weighted by molar-refractivity contribution is 5.36. The maximum Gasteiger partial charge on any atom is 0.416 e. The summed E-state index contributed by atoms with van der Waals surface area (Å²) in [6, 6.07) is 9.35. The predicted octanol–water partition coefficient (Wildman–Crippen LogP) is 5.00. The third-order valence-corrected chi connectivity index (χ3v) is 6.22. The van der Waals surface area contributed by atoms with Crippen molar-refractivity contribution in [1.29, 1.82) is 0 Å². The van der Waals surface area contributed by atoms with Crippen LogP contribution in [0.5, 0.6) is 0 Å². The standard InChI is InChI=1S/C21H22F3NO/c22-21(23,24)16-9-7-15(8-10-16)20(11-3-12-20)19(26)17-6-1-4-14-5-2-13-25-18(14)17/h2,5,7-10,13,17,19,26H,1,3-4,6,11-12H2. The Morgan fingerprint density at radius 3 is 2.42 bits per heavy atom. The van der Waals surface area contributed by atoms with Gasteiger partial charge in [0.05, 0.1) is 11.7 Å². The highest BCUT2D eigenvalue weighted by atomic mass is 19.4. The zero-order valence-corrected chi connectivity index (χ0v) is 14.5. The molecule has 0 spiro atoms. The number of rotatable bonds is 3. The van der Waals surface area contributed by atoms with Crippen molar-refractivity contribution >= 4 is 0 Å². The lowest BCUT2D eigenvalue weighted by atomic mass is 9.57. The van der Waals surface area contributed by atoms with Gasteiger partial charge in [0.1, 0.15) is 0 Å². The van der Waals surface area contributed by atoms with Gasteiger partial charge in [-0.05, 0) is 61.4 Å². The fourth-order valence-corrected chi connectivity index (χ4v) is 4.64. The van der Waals surface area contributed by atoms with Gasteiger partial charge in [-0.1, -0.05) is 24.6 Å². The summed E-state index contributed by atoms with van der Waals surface area (Å²) in [4.78, 5) is 4.52. The first-order valence-corrected chi connectivity index (χ1v) is 9.21. The lowest BCUT2D eigenvalue weighted by Gasteiger charge is -2.49. The van der Waals surface area contributed by atoms with Crippen LogP contribution in [-0.4, -0.2) is 16.2 Å². The number of hydrogen-bond donors (Lipinski definition) is 1. The summed E-state index contributed by atoms with van der Waals surface area (Å²) in [6.07, 6.45) is 2.24. The van der Waals surface area contributed by atoms with Gasteiger partial charge in [-0.25, -0.2) is 0 Å². The third kappa shape index (κ3) is 2.82. The van der Waals surface area contributed by atoms with Crippen molar-refractivity contribution in [2.75, 3.05) is 0 Å². The minimum absolute atomic E-state index is 0.0532. The average Bonchev–Trinajstić information content (AvgIpc) is 2.60. The van der Waals surface area contributed by atoms with Crippen LogP contribution in [0.3, 0.4) is 0 Å². The first-order valence-electron chi connectivity index (χ1n) is 9.21. The molecule has 2 aromatic rings. The molecule has 2 aliphatic carbocycles. The Labute approximate surface area is 151 Å². The number of pyridine rings is 1. The van der Waals surface area contributed by atoms with Gasteiger partial charge >= 0.3 is 6.18 Å². The van der Waals surface area contributed by atoms with Crippen molar-refractivity contribution in [2.45, 2.75) is 62.1 Å². The van der Waals surface area contributed by atoms with Gasteiger partial charge in [0.2, 0.25) is 0 Å². The smallest absolute Gasteiger partial charge is 0.392 e. The van der Waals surface area contributed by atoms with Gasteiger partial charge in [-0.3, -0.25) is 4.98 Å². The van der Waals surface area contributed by atoms with E-state index in [0.29, 0.717) is 0 Å². The minimum Gasteiger partial charge on any atom is -0.392 e. The summed E-state index contributed by atoms with van der Waals surface area (Å²) in [5.41, 5.74) is 1.86. The minimum atomic E-state index is -4.34. The van der Waals surface area contributed by atoms with E-state index in [1.165, 1.54) is 5.56 Å². The maximum absolute atomic E-state index is 12.9. The van der Waals surface area contributed by atoms with Gasteiger partial charge in [0, 0.05) is 23.2 Å². The zero-order chi connectivity index (χ0) is 18.4. The molecule has 0 saturated heterocycles. The van der Waals surface area contributed by atoms with Crippen LogP contribution < -0.4 is 0 Å². The molecule has 0 bridgehead atoms. The number of aromatic nitrogens is 1. The monoisotopic (exact) mass is 361 g/mol. The maximum atomic E-state index is 12.9. The van der Waals surface area contributed by atoms with Crippen LogP contribution >= 0.6 is 0 Å². The summed E-state index contributed by atoms with van der Waals surface area (Å²) >= 11 is 0. The second kappa shape index (κ2) is 6.38. The fraction of sp³-hybridized carbons (Fsp3) is 0.476. The van der Waals surface area contributed by atoms with Crippen LogP contribution in [0.15, 0.2) is 42.6 Å². The molecule has 4 rings (SSSR count). The molecule has 1 heterocycles. The molecule has 2 unspecified atom stereocenters. The number of hydrogen-bond acceptors (Lipinski definition) is 2. The molecule has 0 aliphatic heterocycles. The van der Waals surface area contributed by atoms with Crippen molar-refractivity contribution in [3.63, 3.8) is 0 Å². The lowest BCUT2D eigenvalue weighted by molar-refractivity contribution is -0.137. The number of aliphatic hydroxyl groups excluding tert-OH is 1. The number of halogens is 3. The Morgan fingerprint density at radius 1 is 1.08 bits per heavy atom. The Balaban J connectivity index is 1.67. The molecule has 2 nitrogen and oxygen atoms in total. The van der Waals surface area contributed by atoms with E-state index in [9.17, 15) is 18.3 Å². The van der Waals surface area contributed by atoms with Crippen LogP contribution in [0.4, 0.5) is 13.2 Å². The number of nitrogens with zero attached hydrogens (tertiary/aromatic N) is 1. The van der Waals surface area contributed by atoms with Crippen molar-refractivity contribution in [2.24, 2.45) is 0 Å². The molecule has 2 aliphatic rings. The SMILES string of the molecule is OC(C1CCCc2cccnc21)C1(c2ccc(C(F)(F)F)cc2)CCC1. The normalized spacial score (nSPS) is 23.0. The van der Waals surface area contributed by atoms with Crippen molar-refractivity contribution in [3.05, 3.63) is 65.0 Å². The van der Waals surface area contributed by atoms with E-state index < -0.39 is 23.3 Å². The van der Waals surface area contributed by atoms with Crippen LogP contribution in [-0.2, 0) is 18.0 Å². The molecule has 1 N–H and O–H groups in total. The molecule has 1 saturated carbocycles. The van der Waals surface area contributed by atoms with Crippen molar-refractivity contribution in [1.82, 2.24) is 4.98 Å². The molecular formula is C21H22F3NO. The molecule has 1 aromatic heterocycles. The topological polar surface area (TPSA) is 33.1 Å². The summed E-state index contributed by atoms with van der Waals surface area (Å²) in [7, 11) is 0. The van der Waals surface area contributed by atoms with Gasteiger partial charge in [-0.2, -0.15) is 13.2 Å². The second-order valence-electron chi connectivity index (χ2n) is 7.58. The van der Waals surface area contributed by atoms with Crippen molar-refractivity contribution in [3.8, 4) is 0 Å². The van der Waals surface area contributed by atoms with Crippen LogP contribution in [0.2, 0.25) is 0 Å². The molecule has 5 heteroatoms. The summed E-state index contributed by atoms with van der Waals surface area (Å²) in [5.74, 6) is -0.0532. The molecule has 0 amide bonds. The Bertz CT molecular complexity index is 781. The number of alkyl halides is 3. The Morgan fingerprint density at radius 2 is 1.81 bits per heavy atom. The second-order valence-corrected chi connectivity index (χ2v) is 7.58. The largest absolute Gasteiger partial charge is 0.416 e. The quantitative estimate of drug-likeness (QED) is 0.834. The molecular weight excluding hydrogens is 339 g/mol. The van der Waals surface area contributed by atoms with Crippen LogP contribution in [0.1, 0.15) is 60.4 Å². The van der Waals surface area contributed by atoms with Gasteiger partial charge in [0.25, 0.3) is 0 Å². The van der Waals surface area contributed by atoms with Gasteiger partial charge < -0.3 is 5.11 Å². The third-order valence-electron chi connectivity index (χ3n) is 6.22. The van der Waals surface area contributed by atoms with Crippen LogP contribution in [0.25, 0.3) is 0 Å². The average molecular weight is 361 g/mol. The predicted molar refractivity (Wildman–Crippen MR) is 92.9 cm³/mol. The number of fused-ring (bicyclic) bond motifs is 1. The summed E-state index contributed by atoms with van der Waals surface area (Å²) in [5, 5.41) is 11.3. The van der Waals surface area contributed by atoms with E-state index in [-0.39, 0.29) is 5.92 Å². The fourth-order valence-electron chi connectivity index (χ4n) is 4.64. The van der Waals surface area contributed by atoms with E-state index in [2.05, 4.69) is 11.1 Å². The van der Waals surface area contributed by atoms with Gasteiger partial charge in [-0.15, -0.1) is 0 Å². The summed E-state index contributed by atoms with van der Waals surface area (Å²) < 4.78 is 38.6. The Hall–Kier alpha value is -1.88. The summed E-state index contributed by atoms with van der Waals surface area (Å²) in [6.45, 7) is 0. The number of benzene rings is 1. The Kier molecular flexibility index (Phi) is 4.30. The highest BCUT2D eigenvalue weighted by Crippen LogP contribution is 2.52. The van der Waals surface area contributed by atoms with Gasteiger partial charge in [0.15, 0.2) is 0 Å². The van der Waals surface area contributed by atoms with E-state index in [1.54, 1.807) is 18.3 Å². The number of aliphatic hydroxyl groups is 1. The van der Waals surface area contributed by atoms with Crippen LogP contribution in [0, 0.1) is 0 Å². The molecule has 1 fully saturated rings. The number of aryl methyl sites for hydroxylation is 1. The van der Waals surface area contributed by atoms with E-state index in [0.717, 1.165) is 61.9 Å². The highest BCUT2D eigenvalue weighted by Gasteiger charge is 2.49. The van der Waals surface area contributed by atoms with Crippen molar-refractivity contribution < 1.29 is 18.3 Å². The molecule has 0 radical (unpaired) electrons.